The van der Waals surface area contributed by atoms with Gasteiger partial charge in [0.05, 0.1) is 5.52 Å². The highest BCUT2D eigenvalue weighted by molar-refractivity contribution is 7.99. The Bertz CT molecular complexity index is 635. The van der Waals surface area contributed by atoms with E-state index in [1.807, 2.05) is 24.0 Å². The number of benzene rings is 1. The number of hydrogen-bond acceptors (Lipinski definition) is 3. The molecule has 1 aromatic heterocycles. The summed E-state index contributed by atoms with van der Waals surface area (Å²) in [6, 6.07) is 11.6. The second-order valence-electron chi connectivity index (χ2n) is 6.64. The molecule has 0 N–H and O–H groups in total. The van der Waals surface area contributed by atoms with Crippen LogP contribution < -0.4 is 0 Å². The molecule has 3 heterocycles. The number of pyridine rings is 1. The smallest absolute Gasteiger partial charge is 0.0837 e. The summed E-state index contributed by atoms with van der Waals surface area (Å²) in [7, 11) is 0. The summed E-state index contributed by atoms with van der Waals surface area (Å²) in [5, 5.41) is 1.26. The van der Waals surface area contributed by atoms with E-state index in [9.17, 15) is 0 Å². The highest BCUT2D eigenvalue weighted by Crippen LogP contribution is 2.35. The largest absolute Gasteiger partial charge is 0.300 e. The first-order valence-electron chi connectivity index (χ1n) is 8.62. The summed E-state index contributed by atoms with van der Waals surface area (Å²) in [5.74, 6) is 2.11. The monoisotopic (exact) mass is 312 g/mol. The Morgan fingerprint density at radius 3 is 2.95 bits per heavy atom. The lowest BCUT2D eigenvalue weighted by Crippen LogP contribution is -2.48. The molecule has 2 nitrogen and oxygen atoms in total. The summed E-state index contributed by atoms with van der Waals surface area (Å²) in [6.45, 7) is 2.67. The van der Waals surface area contributed by atoms with E-state index >= 15 is 0 Å². The van der Waals surface area contributed by atoms with Gasteiger partial charge in [-0.05, 0) is 56.8 Å². The third-order valence-corrected chi connectivity index (χ3v) is 6.51. The molecule has 2 aromatic rings. The third kappa shape index (κ3) is 2.89. The molecule has 0 amide bonds. The molecule has 2 aliphatic heterocycles. The van der Waals surface area contributed by atoms with Gasteiger partial charge in [-0.2, -0.15) is 0 Å². The van der Waals surface area contributed by atoms with Crippen LogP contribution in [0.2, 0.25) is 0 Å². The van der Waals surface area contributed by atoms with Gasteiger partial charge in [-0.15, -0.1) is 11.8 Å². The lowest BCUT2D eigenvalue weighted by atomic mass is 9.85. The minimum Gasteiger partial charge on any atom is -0.300 e. The van der Waals surface area contributed by atoms with Crippen LogP contribution in [0.4, 0.5) is 0 Å². The maximum atomic E-state index is 4.60. The summed E-state index contributed by atoms with van der Waals surface area (Å²) >= 11 is 2.02. The Kier molecular flexibility index (Phi) is 4.35. The number of thioether (sulfide) groups is 1. The zero-order valence-corrected chi connectivity index (χ0v) is 13.9. The van der Waals surface area contributed by atoms with Crippen LogP contribution in [0.25, 0.3) is 10.9 Å². The quantitative estimate of drug-likeness (QED) is 0.771. The van der Waals surface area contributed by atoms with Gasteiger partial charge in [0.1, 0.15) is 0 Å². The Balaban J connectivity index is 1.49. The predicted molar refractivity (Wildman–Crippen MR) is 94.4 cm³/mol. The second kappa shape index (κ2) is 6.59. The SMILES string of the molecule is c1cnc2c(SC[C@H]3CCCN4CCCC[C@H]34)cccc2c1. The summed E-state index contributed by atoms with van der Waals surface area (Å²) in [5.41, 5.74) is 1.17. The van der Waals surface area contributed by atoms with Crippen molar-refractivity contribution in [3.63, 3.8) is 0 Å². The highest BCUT2D eigenvalue weighted by Gasteiger charge is 2.32. The minimum absolute atomic E-state index is 0.845. The topological polar surface area (TPSA) is 16.1 Å². The standard InChI is InChI=1S/C19H24N2S/c1-2-12-21-13-5-8-16(17(21)9-1)14-22-18-10-3-6-15-7-4-11-20-19(15)18/h3-4,6-7,10-11,16-17H,1-2,5,8-9,12-14H2/t16-,17-/m1/s1. The molecular weight excluding hydrogens is 288 g/mol. The molecule has 0 aliphatic carbocycles. The van der Waals surface area contributed by atoms with Gasteiger partial charge in [0, 0.05) is 28.3 Å². The zero-order valence-electron chi connectivity index (χ0n) is 13.1. The molecule has 3 heteroatoms. The maximum absolute atomic E-state index is 4.60. The van der Waals surface area contributed by atoms with Crippen molar-refractivity contribution < 1.29 is 0 Å². The van der Waals surface area contributed by atoms with Crippen molar-refractivity contribution >= 4 is 22.7 Å². The predicted octanol–water partition coefficient (Wildman–Crippen LogP) is 4.59. The van der Waals surface area contributed by atoms with Gasteiger partial charge in [0.2, 0.25) is 0 Å². The fourth-order valence-electron chi connectivity index (χ4n) is 4.16. The number of aromatic nitrogens is 1. The van der Waals surface area contributed by atoms with Crippen LogP contribution in [0.3, 0.4) is 0 Å². The van der Waals surface area contributed by atoms with E-state index in [2.05, 4.69) is 34.1 Å². The van der Waals surface area contributed by atoms with Crippen molar-refractivity contribution in [2.75, 3.05) is 18.8 Å². The van der Waals surface area contributed by atoms with Crippen LogP contribution in [-0.4, -0.2) is 34.8 Å². The molecule has 0 unspecified atom stereocenters. The van der Waals surface area contributed by atoms with E-state index in [1.54, 1.807) is 0 Å². The molecule has 2 fully saturated rings. The number of rotatable bonds is 3. The van der Waals surface area contributed by atoms with E-state index < -0.39 is 0 Å². The molecule has 0 bridgehead atoms. The molecule has 2 saturated heterocycles. The fraction of sp³-hybridized carbons (Fsp3) is 0.526. The molecule has 4 rings (SSSR count). The van der Waals surface area contributed by atoms with Crippen molar-refractivity contribution in [3.8, 4) is 0 Å². The summed E-state index contributed by atoms with van der Waals surface area (Å²) in [4.78, 5) is 8.71. The van der Waals surface area contributed by atoms with Gasteiger partial charge in [0.15, 0.2) is 0 Å². The van der Waals surface area contributed by atoms with Crippen LogP contribution in [0.1, 0.15) is 32.1 Å². The molecule has 0 radical (unpaired) electrons. The summed E-state index contributed by atoms with van der Waals surface area (Å²) < 4.78 is 0. The van der Waals surface area contributed by atoms with E-state index in [0.29, 0.717) is 0 Å². The third-order valence-electron chi connectivity index (χ3n) is 5.28. The average molecular weight is 312 g/mol. The molecule has 0 saturated carbocycles. The Hall–Kier alpha value is -1.06. The lowest BCUT2D eigenvalue weighted by molar-refractivity contribution is 0.0693. The number of piperidine rings is 2. The number of hydrogen-bond donors (Lipinski definition) is 0. The van der Waals surface area contributed by atoms with E-state index in [1.165, 1.54) is 66.7 Å². The normalized spacial score (nSPS) is 26.0. The molecule has 22 heavy (non-hydrogen) atoms. The zero-order chi connectivity index (χ0) is 14.8. The highest BCUT2D eigenvalue weighted by atomic mass is 32.2. The van der Waals surface area contributed by atoms with Crippen LogP contribution >= 0.6 is 11.8 Å². The van der Waals surface area contributed by atoms with Crippen molar-refractivity contribution in [1.29, 1.82) is 0 Å². The van der Waals surface area contributed by atoms with Crippen molar-refractivity contribution in [2.24, 2.45) is 5.92 Å². The first-order chi connectivity index (χ1) is 10.9. The van der Waals surface area contributed by atoms with Crippen LogP contribution in [0.5, 0.6) is 0 Å². The summed E-state index contributed by atoms with van der Waals surface area (Å²) in [6.07, 6.45) is 8.96. The minimum atomic E-state index is 0.845. The van der Waals surface area contributed by atoms with Crippen LogP contribution in [0.15, 0.2) is 41.4 Å². The Morgan fingerprint density at radius 2 is 1.95 bits per heavy atom. The Morgan fingerprint density at radius 1 is 1.05 bits per heavy atom. The number of nitrogens with zero attached hydrogens (tertiary/aromatic N) is 2. The van der Waals surface area contributed by atoms with Gasteiger partial charge >= 0.3 is 0 Å². The second-order valence-corrected chi connectivity index (χ2v) is 7.71. The average Bonchev–Trinajstić information content (AvgIpc) is 2.60. The van der Waals surface area contributed by atoms with Crippen LogP contribution in [0, 0.1) is 5.92 Å². The first kappa shape index (κ1) is 14.5. The van der Waals surface area contributed by atoms with Gasteiger partial charge in [-0.25, -0.2) is 0 Å². The van der Waals surface area contributed by atoms with E-state index in [0.717, 1.165) is 12.0 Å². The molecule has 2 aliphatic rings. The van der Waals surface area contributed by atoms with Crippen molar-refractivity contribution in [1.82, 2.24) is 9.88 Å². The van der Waals surface area contributed by atoms with Gasteiger partial charge in [-0.3, -0.25) is 4.98 Å². The van der Waals surface area contributed by atoms with E-state index in [4.69, 9.17) is 0 Å². The van der Waals surface area contributed by atoms with Gasteiger partial charge in [-0.1, -0.05) is 24.6 Å². The van der Waals surface area contributed by atoms with Crippen LogP contribution in [-0.2, 0) is 0 Å². The number of fused-ring (bicyclic) bond motifs is 2. The van der Waals surface area contributed by atoms with Crippen molar-refractivity contribution in [2.45, 2.75) is 43.0 Å². The maximum Gasteiger partial charge on any atom is 0.0837 e. The van der Waals surface area contributed by atoms with E-state index in [-0.39, 0.29) is 0 Å². The fourth-order valence-corrected chi connectivity index (χ4v) is 5.43. The number of para-hydroxylation sites is 1. The first-order valence-corrected chi connectivity index (χ1v) is 9.61. The molecular formula is C19H24N2S. The lowest BCUT2D eigenvalue weighted by Gasteiger charge is -2.44. The Labute approximate surface area is 137 Å². The van der Waals surface area contributed by atoms with Gasteiger partial charge < -0.3 is 4.90 Å². The molecule has 116 valence electrons. The molecule has 0 spiro atoms. The van der Waals surface area contributed by atoms with Crippen molar-refractivity contribution in [3.05, 3.63) is 36.5 Å². The molecule has 1 aromatic carbocycles. The molecule has 2 atom stereocenters. The van der Waals surface area contributed by atoms with Gasteiger partial charge in [0.25, 0.3) is 0 Å².